The number of thiophene rings is 2. The predicted octanol–water partition coefficient (Wildman–Crippen LogP) is 7.07. The molecule has 162 valence electrons. The topological polar surface area (TPSA) is 56.3 Å². The Bertz CT molecular complexity index is 1420. The van der Waals surface area contributed by atoms with Crippen molar-refractivity contribution in [3.8, 4) is 21.9 Å². The summed E-state index contributed by atoms with van der Waals surface area (Å²) in [7, 11) is 3.26. The van der Waals surface area contributed by atoms with Crippen molar-refractivity contribution in [2.75, 3.05) is 19.5 Å². The van der Waals surface area contributed by atoms with Crippen LogP contribution in [0.15, 0.2) is 53.9 Å². The van der Waals surface area contributed by atoms with Crippen molar-refractivity contribution in [3.05, 3.63) is 64.6 Å². The van der Waals surface area contributed by atoms with Gasteiger partial charge in [-0.05, 0) is 38.1 Å². The van der Waals surface area contributed by atoms with Gasteiger partial charge in [0.2, 0.25) is 0 Å². The number of rotatable bonds is 6. The number of hydrogen-bond donors (Lipinski definition) is 1. The zero-order valence-corrected chi connectivity index (χ0v) is 19.9. The number of benzene rings is 2. The number of fused-ring (bicyclic) bond motifs is 2. The molecule has 7 heteroatoms. The molecule has 0 aliphatic heterocycles. The average Bonchev–Trinajstić information content (AvgIpc) is 3.45. The quantitative estimate of drug-likeness (QED) is 0.293. The van der Waals surface area contributed by atoms with E-state index < -0.39 is 0 Å². The maximum Gasteiger partial charge on any atom is 0.162 e. The van der Waals surface area contributed by atoms with Gasteiger partial charge in [-0.15, -0.1) is 22.7 Å². The second kappa shape index (κ2) is 8.41. The first-order valence-electron chi connectivity index (χ1n) is 10.3. The first-order chi connectivity index (χ1) is 15.6. The van der Waals surface area contributed by atoms with E-state index in [9.17, 15) is 0 Å². The number of aryl methyl sites for hydroxylation is 1. The summed E-state index contributed by atoms with van der Waals surface area (Å²) in [6, 6.07) is 16.9. The van der Waals surface area contributed by atoms with Crippen LogP contribution in [0.4, 0.5) is 5.82 Å². The molecule has 0 saturated heterocycles. The summed E-state index contributed by atoms with van der Waals surface area (Å²) < 4.78 is 12.2. The molecule has 5 rings (SSSR count). The number of nitrogens with one attached hydrogen (secondary N) is 1. The minimum atomic E-state index is 0.0873. The maximum atomic E-state index is 5.49. The summed E-state index contributed by atoms with van der Waals surface area (Å²) in [5, 5.41) is 8.06. The van der Waals surface area contributed by atoms with Crippen LogP contribution in [0.5, 0.6) is 11.5 Å². The molecule has 0 aliphatic rings. The second-order valence-electron chi connectivity index (χ2n) is 7.56. The Morgan fingerprint density at radius 1 is 0.938 bits per heavy atom. The number of anilines is 1. The molecule has 0 radical (unpaired) electrons. The molecule has 5 nitrogen and oxygen atoms in total. The minimum absolute atomic E-state index is 0.0873. The smallest absolute Gasteiger partial charge is 0.162 e. The molecule has 5 aromatic rings. The molecule has 0 fully saturated rings. The maximum absolute atomic E-state index is 5.49. The van der Waals surface area contributed by atoms with Crippen molar-refractivity contribution in [2.45, 2.75) is 19.9 Å². The highest BCUT2D eigenvalue weighted by atomic mass is 32.1. The van der Waals surface area contributed by atoms with E-state index >= 15 is 0 Å². The van der Waals surface area contributed by atoms with E-state index in [-0.39, 0.29) is 6.04 Å². The third kappa shape index (κ3) is 3.67. The van der Waals surface area contributed by atoms with E-state index in [4.69, 9.17) is 9.47 Å². The van der Waals surface area contributed by atoms with Gasteiger partial charge in [0, 0.05) is 42.2 Å². The Morgan fingerprint density at radius 2 is 1.72 bits per heavy atom. The lowest BCUT2D eigenvalue weighted by atomic mass is 10.1. The largest absolute Gasteiger partial charge is 0.493 e. The highest BCUT2D eigenvalue weighted by molar-refractivity contribution is 7.19. The van der Waals surface area contributed by atoms with Crippen LogP contribution in [0.1, 0.15) is 23.7 Å². The Balaban J connectivity index is 1.48. The lowest BCUT2D eigenvalue weighted by Crippen LogP contribution is -2.08. The van der Waals surface area contributed by atoms with Crippen LogP contribution < -0.4 is 14.8 Å². The third-order valence-corrected chi connectivity index (χ3v) is 7.73. The van der Waals surface area contributed by atoms with E-state index in [0.717, 1.165) is 16.7 Å². The molecule has 1 atom stereocenters. The van der Waals surface area contributed by atoms with Gasteiger partial charge in [0.05, 0.1) is 25.8 Å². The van der Waals surface area contributed by atoms with Gasteiger partial charge in [-0.2, -0.15) is 0 Å². The standard InChI is InChI=1S/C25H23N3O2S2/c1-14(22-9-10-24(32-22)18-13-31-23-8-6-5-7-16(18)23)26-25-17-11-20(29-3)21(30-4)12-19(17)27-15(2)28-25/h5-14H,1-4H3,(H,26,27,28). The molecule has 3 heterocycles. The molecule has 0 saturated carbocycles. The van der Waals surface area contributed by atoms with Crippen molar-refractivity contribution in [2.24, 2.45) is 0 Å². The molecule has 2 aromatic carbocycles. The average molecular weight is 462 g/mol. The monoisotopic (exact) mass is 461 g/mol. The molecule has 0 bridgehead atoms. The molecule has 0 amide bonds. The van der Waals surface area contributed by atoms with Crippen LogP contribution in [-0.4, -0.2) is 24.2 Å². The number of ether oxygens (including phenoxy) is 2. The summed E-state index contributed by atoms with van der Waals surface area (Å²) in [5.74, 6) is 2.81. The highest BCUT2D eigenvalue weighted by Crippen LogP contribution is 2.40. The Labute approximate surface area is 194 Å². The first-order valence-corrected chi connectivity index (χ1v) is 12.0. The lowest BCUT2D eigenvalue weighted by molar-refractivity contribution is 0.356. The summed E-state index contributed by atoms with van der Waals surface area (Å²) in [6.07, 6.45) is 0. The molecule has 3 aromatic heterocycles. The molecule has 32 heavy (non-hydrogen) atoms. The lowest BCUT2D eigenvalue weighted by Gasteiger charge is -2.16. The summed E-state index contributed by atoms with van der Waals surface area (Å²) in [5.41, 5.74) is 2.12. The Hall–Kier alpha value is -3.16. The zero-order valence-electron chi connectivity index (χ0n) is 18.3. The van der Waals surface area contributed by atoms with Gasteiger partial charge in [0.15, 0.2) is 11.5 Å². The van der Waals surface area contributed by atoms with Crippen LogP contribution in [0.3, 0.4) is 0 Å². The Kier molecular flexibility index (Phi) is 5.45. The van der Waals surface area contributed by atoms with E-state index in [1.807, 2.05) is 30.4 Å². The first kappa shape index (κ1) is 20.7. The molecule has 1 N–H and O–H groups in total. The number of hydrogen-bond acceptors (Lipinski definition) is 7. The van der Waals surface area contributed by atoms with Crippen LogP contribution in [-0.2, 0) is 0 Å². The number of aromatic nitrogens is 2. The van der Waals surface area contributed by atoms with Gasteiger partial charge in [0.25, 0.3) is 0 Å². The van der Waals surface area contributed by atoms with Crippen molar-refractivity contribution >= 4 is 49.5 Å². The van der Waals surface area contributed by atoms with Crippen LogP contribution in [0, 0.1) is 6.92 Å². The SMILES string of the molecule is COc1cc2nc(C)nc(NC(C)c3ccc(-c4csc5ccccc45)s3)c2cc1OC. The molecule has 1 unspecified atom stereocenters. The van der Waals surface area contributed by atoms with Crippen molar-refractivity contribution in [1.82, 2.24) is 9.97 Å². The molecular weight excluding hydrogens is 438 g/mol. The van der Waals surface area contributed by atoms with Gasteiger partial charge >= 0.3 is 0 Å². The fourth-order valence-electron chi connectivity index (χ4n) is 3.86. The third-order valence-electron chi connectivity index (χ3n) is 5.47. The van der Waals surface area contributed by atoms with Crippen molar-refractivity contribution in [3.63, 3.8) is 0 Å². The van der Waals surface area contributed by atoms with Crippen molar-refractivity contribution in [1.29, 1.82) is 0 Å². The van der Waals surface area contributed by atoms with E-state index in [1.165, 1.54) is 25.4 Å². The zero-order chi connectivity index (χ0) is 22.2. The van der Waals surface area contributed by atoms with Gasteiger partial charge in [0.1, 0.15) is 11.6 Å². The summed E-state index contributed by atoms with van der Waals surface area (Å²) >= 11 is 3.60. The molecular formula is C25H23N3O2S2. The fraction of sp³-hybridized carbons (Fsp3) is 0.200. The highest BCUT2D eigenvalue weighted by Gasteiger charge is 2.16. The van der Waals surface area contributed by atoms with Crippen molar-refractivity contribution < 1.29 is 9.47 Å². The van der Waals surface area contributed by atoms with Gasteiger partial charge in [-0.25, -0.2) is 9.97 Å². The normalized spacial score (nSPS) is 12.2. The number of nitrogens with zero attached hydrogens (tertiary/aromatic N) is 2. The van der Waals surface area contributed by atoms with E-state index in [1.54, 1.807) is 25.6 Å². The van der Waals surface area contributed by atoms with Crippen LogP contribution >= 0.6 is 22.7 Å². The minimum Gasteiger partial charge on any atom is -0.493 e. The fourth-order valence-corrected chi connectivity index (χ4v) is 5.93. The second-order valence-corrected chi connectivity index (χ2v) is 9.58. The molecule has 0 aliphatic carbocycles. The van der Waals surface area contributed by atoms with E-state index in [0.29, 0.717) is 17.3 Å². The summed E-state index contributed by atoms with van der Waals surface area (Å²) in [6.45, 7) is 4.06. The van der Waals surface area contributed by atoms with Gasteiger partial charge < -0.3 is 14.8 Å². The summed E-state index contributed by atoms with van der Waals surface area (Å²) in [4.78, 5) is 11.8. The van der Waals surface area contributed by atoms with E-state index in [2.05, 4.69) is 64.0 Å². The van der Waals surface area contributed by atoms with Crippen LogP contribution in [0.25, 0.3) is 31.4 Å². The predicted molar refractivity (Wildman–Crippen MR) is 135 cm³/mol. The Morgan fingerprint density at radius 3 is 2.53 bits per heavy atom. The van der Waals surface area contributed by atoms with Gasteiger partial charge in [-0.3, -0.25) is 0 Å². The number of methoxy groups -OCH3 is 2. The van der Waals surface area contributed by atoms with Crippen LogP contribution in [0.2, 0.25) is 0 Å². The van der Waals surface area contributed by atoms with Gasteiger partial charge in [-0.1, -0.05) is 18.2 Å². The molecule has 0 spiro atoms.